The molecule has 0 saturated carbocycles. The van der Waals surface area contributed by atoms with Crippen molar-refractivity contribution in [1.82, 2.24) is 0 Å². The number of halogens is 4. The summed E-state index contributed by atoms with van der Waals surface area (Å²) < 4.78 is 51.0. The molecule has 0 amide bonds. The van der Waals surface area contributed by atoms with Crippen LogP contribution in [0.25, 0.3) is 0 Å². The second kappa shape index (κ2) is 32.4. The van der Waals surface area contributed by atoms with E-state index in [1.807, 2.05) is 0 Å². The van der Waals surface area contributed by atoms with Crippen molar-refractivity contribution in [3.05, 3.63) is 26.3 Å². The molecule has 0 radical (unpaired) electrons. The van der Waals surface area contributed by atoms with E-state index in [1.54, 1.807) is 53.3 Å². The van der Waals surface area contributed by atoms with Crippen LogP contribution in [0.4, 0.5) is 17.6 Å². The Balaban J connectivity index is -0.0000000332. The molecular formula is C14H28F4N4P4Pt2. The minimum atomic E-state index is -2.30. The first-order chi connectivity index (χ1) is 11.8. The number of nitrogens with zero attached hydrogens (tertiary/aromatic N) is 4. The zero-order chi connectivity index (χ0) is 23.3. The van der Waals surface area contributed by atoms with Gasteiger partial charge < -0.3 is 47.3 Å². The van der Waals surface area contributed by atoms with Gasteiger partial charge in [0.05, 0.1) is 53.3 Å². The van der Waals surface area contributed by atoms with Crippen LogP contribution in [-0.2, 0) is 42.1 Å². The predicted octanol–water partition coefficient (Wildman–Crippen LogP) is 5.35. The van der Waals surface area contributed by atoms with Crippen molar-refractivity contribution in [2.45, 2.75) is 10.8 Å². The SMILES string of the molecule is C[PH+](C)C(F)(F)[PH+](C)C.C[PH+](C)C(F)(F)[PH+](C)C.[C-]#N.[C-]#N.[C-]#N.[C-]#N.[Pt].[Pt]. The average Bonchev–Trinajstić information content (AvgIpc) is 2.62. The van der Waals surface area contributed by atoms with Crippen LogP contribution in [0.3, 0.4) is 0 Å². The van der Waals surface area contributed by atoms with E-state index < -0.39 is 42.5 Å². The number of hydrogen-bond donors (Lipinski definition) is 0. The molecule has 0 aromatic heterocycles. The minimum absolute atomic E-state index is 0. The van der Waals surface area contributed by atoms with Gasteiger partial charge in [0, 0.05) is 42.1 Å². The molecule has 0 heterocycles. The minimum Gasteiger partial charge on any atom is -0.512 e. The first-order valence-electron chi connectivity index (χ1n) is 6.65. The van der Waals surface area contributed by atoms with Crippen molar-refractivity contribution in [2.24, 2.45) is 0 Å². The number of hydrogen-bond acceptors (Lipinski definition) is 4. The summed E-state index contributed by atoms with van der Waals surface area (Å²) in [4.78, 5) is 0. The smallest absolute Gasteiger partial charge is 0.448 e. The summed E-state index contributed by atoms with van der Waals surface area (Å²) in [6.07, 6.45) is 0. The zero-order valence-corrected chi connectivity index (χ0v) is 25.5. The maximum absolute atomic E-state index is 12.8. The third-order valence-electron chi connectivity index (χ3n) is 2.51. The van der Waals surface area contributed by atoms with Gasteiger partial charge in [0.2, 0.25) is 0 Å². The molecule has 0 aliphatic heterocycles. The Morgan fingerprint density at radius 3 is 0.500 bits per heavy atom. The van der Waals surface area contributed by atoms with E-state index in [9.17, 15) is 17.6 Å². The molecule has 0 spiro atoms. The third-order valence-corrected chi connectivity index (χ3v) is 13.5. The van der Waals surface area contributed by atoms with E-state index in [-0.39, 0.29) is 42.1 Å². The van der Waals surface area contributed by atoms with Gasteiger partial charge in [-0.05, 0) is 0 Å². The molecule has 28 heavy (non-hydrogen) atoms. The van der Waals surface area contributed by atoms with E-state index >= 15 is 0 Å². The van der Waals surface area contributed by atoms with Crippen LogP contribution >= 0.6 is 31.7 Å². The summed E-state index contributed by atoms with van der Waals surface area (Å²) >= 11 is 0. The summed E-state index contributed by atoms with van der Waals surface area (Å²) in [6, 6.07) is 0. The van der Waals surface area contributed by atoms with Crippen molar-refractivity contribution < 1.29 is 59.7 Å². The molecule has 0 bridgehead atoms. The fraction of sp³-hybridized carbons (Fsp3) is 0.714. The Morgan fingerprint density at radius 2 is 0.500 bits per heavy atom. The normalized spacial score (nSPS) is 8.86. The van der Waals surface area contributed by atoms with Crippen molar-refractivity contribution >= 4 is 31.7 Å². The number of rotatable bonds is 4. The molecule has 0 aromatic rings. The zero-order valence-electron chi connectivity index (χ0n) is 16.9. The second-order valence-electron chi connectivity index (χ2n) is 5.15. The van der Waals surface area contributed by atoms with E-state index in [2.05, 4.69) is 0 Å². The Labute approximate surface area is 202 Å². The maximum atomic E-state index is 12.8. The van der Waals surface area contributed by atoms with Gasteiger partial charge in [-0.3, -0.25) is 0 Å². The summed E-state index contributed by atoms with van der Waals surface area (Å²) in [7, 11) is -5.59. The maximum Gasteiger partial charge on any atom is 0.448 e. The van der Waals surface area contributed by atoms with Crippen LogP contribution in [0.2, 0.25) is 0 Å². The van der Waals surface area contributed by atoms with Crippen molar-refractivity contribution in [3.63, 3.8) is 0 Å². The van der Waals surface area contributed by atoms with E-state index in [0.29, 0.717) is 0 Å². The van der Waals surface area contributed by atoms with Crippen LogP contribution in [0.5, 0.6) is 0 Å². The molecular weight excluding hydrogens is 814 g/mol. The van der Waals surface area contributed by atoms with Crippen LogP contribution in [0, 0.1) is 47.3 Å². The van der Waals surface area contributed by atoms with Crippen molar-refractivity contribution in [2.75, 3.05) is 53.3 Å². The molecule has 4 nitrogen and oxygen atoms in total. The van der Waals surface area contributed by atoms with Gasteiger partial charge in [-0.15, -0.1) is 17.6 Å². The van der Waals surface area contributed by atoms with E-state index in [4.69, 9.17) is 47.3 Å². The predicted molar refractivity (Wildman–Crippen MR) is 110 cm³/mol. The van der Waals surface area contributed by atoms with Crippen LogP contribution in [0.1, 0.15) is 0 Å². The van der Waals surface area contributed by atoms with Gasteiger partial charge >= 0.3 is 10.8 Å². The van der Waals surface area contributed by atoms with E-state index in [0.717, 1.165) is 0 Å². The molecule has 0 aromatic carbocycles. The Bertz CT molecular complexity index is 325. The molecule has 0 rings (SSSR count). The molecule has 0 aliphatic carbocycles. The quantitative estimate of drug-likeness (QED) is 0.217. The van der Waals surface area contributed by atoms with Gasteiger partial charge in [-0.25, -0.2) is 0 Å². The standard InChI is InChI=1S/2C5H12F2P2.4CN.2Pt/c2*1-8(2)5(6,7)9(3)4;4*1-2;;/h2*1-4H3;;;;;;/q;;4*-1;;/p+4. The molecule has 0 atom stereocenters. The van der Waals surface area contributed by atoms with Gasteiger partial charge in [0.15, 0.2) is 0 Å². The Kier molecular flexibility index (Phi) is 59.6. The first-order valence-corrected chi connectivity index (χ1v) is 16.7. The summed E-state index contributed by atoms with van der Waals surface area (Å²) in [5.41, 5.74) is 0. The summed E-state index contributed by atoms with van der Waals surface area (Å²) in [5.74, 6) is 0. The topological polar surface area (TPSA) is 95.2 Å². The fourth-order valence-electron chi connectivity index (χ4n) is 1.00. The molecule has 0 fully saturated rings. The Morgan fingerprint density at radius 1 is 0.429 bits per heavy atom. The fourth-order valence-corrected chi connectivity index (χ4v) is 9.00. The third kappa shape index (κ3) is 29.0. The largest absolute Gasteiger partial charge is 0.512 e. The molecule has 0 N–H and O–H groups in total. The monoisotopic (exact) mass is 842 g/mol. The van der Waals surface area contributed by atoms with Gasteiger partial charge in [-0.2, -0.15) is 0 Å². The molecule has 0 aliphatic rings. The summed E-state index contributed by atoms with van der Waals surface area (Å²) in [6.45, 7) is 32.4. The second-order valence-corrected chi connectivity index (χ2v) is 16.7. The van der Waals surface area contributed by atoms with Gasteiger partial charge in [-0.1, -0.05) is 0 Å². The molecule has 0 unspecified atom stereocenters. The van der Waals surface area contributed by atoms with Gasteiger partial charge in [0.1, 0.15) is 31.7 Å². The van der Waals surface area contributed by atoms with Crippen LogP contribution < -0.4 is 0 Å². The average molecular weight is 842 g/mol. The van der Waals surface area contributed by atoms with Crippen molar-refractivity contribution in [1.29, 1.82) is 21.0 Å². The molecule has 172 valence electrons. The molecule has 14 heteroatoms. The molecule has 0 saturated heterocycles. The summed E-state index contributed by atoms with van der Waals surface area (Å²) in [5, 5.41) is 20.4. The van der Waals surface area contributed by atoms with Crippen molar-refractivity contribution in [3.8, 4) is 0 Å². The van der Waals surface area contributed by atoms with E-state index in [1.165, 1.54) is 0 Å². The first kappa shape index (κ1) is 51.4. The number of alkyl halides is 4. The van der Waals surface area contributed by atoms with Crippen LogP contribution in [-0.4, -0.2) is 64.1 Å². The van der Waals surface area contributed by atoms with Crippen LogP contribution in [0.15, 0.2) is 0 Å². The van der Waals surface area contributed by atoms with Gasteiger partial charge in [0.25, 0.3) is 0 Å². The Hall–Kier alpha value is 0.777.